The van der Waals surface area contributed by atoms with Gasteiger partial charge >= 0.3 is 12.1 Å². The van der Waals surface area contributed by atoms with Gasteiger partial charge in [0, 0.05) is 18.3 Å². The Morgan fingerprint density at radius 1 is 0.827 bits per heavy atom. The molecule has 2 heterocycles. The van der Waals surface area contributed by atoms with Crippen molar-refractivity contribution in [2.24, 2.45) is 0 Å². The van der Waals surface area contributed by atoms with E-state index in [-0.39, 0.29) is 35.4 Å². The molecule has 3 aromatic rings. The van der Waals surface area contributed by atoms with Crippen LogP contribution in [-0.2, 0) is 30.1 Å². The summed E-state index contributed by atoms with van der Waals surface area (Å²) in [5.41, 5.74) is 0.611. The number of alkyl carbamates (subject to hydrolysis) is 1. The van der Waals surface area contributed by atoms with E-state index in [0.717, 1.165) is 11.1 Å². The Morgan fingerprint density at radius 2 is 1.40 bits per heavy atom. The first-order valence-corrected chi connectivity index (χ1v) is 20.2. The van der Waals surface area contributed by atoms with Crippen LogP contribution in [0.1, 0.15) is 83.0 Å². The van der Waals surface area contributed by atoms with Gasteiger partial charge in [-0.1, -0.05) is 45.0 Å². The molecule has 0 aliphatic carbocycles. The van der Waals surface area contributed by atoms with Crippen LogP contribution in [0, 0.1) is 0 Å². The monoisotopic (exact) mass is 736 g/mol. The van der Waals surface area contributed by atoms with Crippen molar-refractivity contribution in [1.82, 2.24) is 20.2 Å². The van der Waals surface area contributed by atoms with Crippen molar-refractivity contribution in [2.75, 3.05) is 13.2 Å². The topological polar surface area (TPSA) is 148 Å². The number of esters is 1. The second-order valence-electron chi connectivity index (χ2n) is 16.2. The van der Waals surface area contributed by atoms with Crippen molar-refractivity contribution in [3.8, 4) is 16.9 Å². The maximum atomic E-state index is 13.1. The van der Waals surface area contributed by atoms with Gasteiger partial charge in [0.1, 0.15) is 23.6 Å². The molecule has 3 amide bonds. The van der Waals surface area contributed by atoms with E-state index in [2.05, 4.69) is 44.3 Å². The van der Waals surface area contributed by atoms with Crippen LogP contribution in [-0.4, -0.2) is 83.6 Å². The summed E-state index contributed by atoms with van der Waals surface area (Å²) < 4.78 is 25.3. The van der Waals surface area contributed by atoms with Crippen LogP contribution >= 0.6 is 0 Å². The summed E-state index contributed by atoms with van der Waals surface area (Å²) in [7, 11) is -2.19. The summed E-state index contributed by atoms with van der Waals surface area (Å²) in [5, 5.41) is 7.96. The number of hydroxylamine groups is 2. The predicted molar refractivity (Wildman–Crippen MR) is 197 cm³/mol. The molecule has 0 saturated carbocycles. The number of ether oxygens (including phenoxy) is 3. The maximum absolute atomic E-state index is 13.1. The third kappa shape index (κ3) is 10.7. The molecule has 0 fully saturated rings. The van der Waals surface area contributed by atoms with E-state index in [9.17, 15) is 19.2 Å². The van der Waals surface area contributed by atoms with Gasteiger partial charge in [-0.3, -0.25) is 14.3 Å². The number of hydrogen-bond donors (Lipinski definition) is 1. The van der Waals surface area contributed by atoms with Gasteiger partial charge in [0.05, 0.1) is 30.0 Å². The molecule has 0 saturated heterocycles. The first-order valence-electron chi connectivity index (χ1n) is 17.3. The first kappa shape index (κ1) is 40.2. The fraction of sp³-hybridized carbons (Fsp3) is 0.500. The Labute approximate surface area is 307 Å². The van der Waals surface area contributed by atoms with E-state index in [1.807, 2.05) is 39.1 Å². The van der Waals surface area contributed by atoms with Gasteiger partial charge < -0.3 is 24.0 Å². The van der Waals surface area contributed by atoms with Crippen LogP contribution in [0.15, 0.2) is 60.9 Å². The van der Waals surface area contributed by atoms with Crippen molar-refractivity contribution in [3.63, 3.8) is 0 Å². The Kier molecular flexibility index (Phi) is 12.1. The minimum Gasteiger partial charge on any atom is -0.490 e. The van der Waals surface area contributed by atoms with Crippen LogP contribution in [0.2, 0.25) is 18.1 Å². The molecule has 1 N–H and O–H groups in total. The number of aromatic nitrogens is 2. The quantitative estimate of drug-likeness (QED) is 0.113. The van der Waals surface area contributed by atoms with Crippen LogP contribution < -0.4 is 10.1 Å². The minimum absolute atomic E-state index is 0.0375. The molecule has 282 valence electrons. The predicted octanol–water partition coefficient (Wildman–Crippen LogP) is 6.78. The molecule has 13 nitrogen and oxygen atoms in total. The fourth-order valence-corrected chi connectivity index (χ4v) is 6.23. The smallest absolute Gasteiger partial charge is 0.407 e. The number of carbonyl (C=O) groups is 4. The zero-order valence-electron chi connectivity index (χ0n) is 32.1. The van der Waals surface area contributed by atoms with Gasteiger partial charge in [-0.2, -0.15) is 5.10 Å². The average Bonchev–Trinajstić information content (AvgIpc) is 3.58. The van der Waals surface area contributed by atoms with E-state index < -0.39 is 49.5 Å². The van der Waals surface area contributed by atoms with E-state index in [0.29, 0.717) is 17.4 Å². The van der Waals surface area contributed by atoms with E-state index >= 15 is 0 Å². The minimum atomic E-state index is -2.19. The van der Waals surface area contributed by atoms with E-state index in [1.165, 1.54) is 12.1 Å². The maximum Gasteiger partial charge on any atom is 0.407 e. The van der Waals surface area contributed by atoms with Crippen molar-refractivity contribution in [1.29, 1.82) is 0 Å². The van der Waals surface area contributed by atoms with Crippen LogP contribution in [0.3, 0.4) is 0 Å². The zero-order chi connectivity index (χ0) is 38.6. The van der Waals surface area contributed by atoms with Gasteiger partial charge in [0.15, 0.2) is 8.32 Å². The fourth-order valence-electron chi connectivity index (χ4n) is 4.88. The summed E-state index contributed by atoms with van der Waals surface area (Å²) in [6.45, 7) is 21.7. The summed E-state index contributed by atoms with van der Waals surface area (Å²) in [5.74, 6) is -1.70. The van der Waals surface area contributed by atoms with Gasteiger partial charge in [0.25, 0.3) is 11.8 Å². The molecular formula is C38H52N4O9Si. The number of benzene rings is 2. The highest BCUT2D eigenvalue weighted by molar-refractivity contribution is 6.74. The molecule has 0 radical (unpaired) electrons. The zero-order valence-corrected chi connectivity index (χ0v) is 33.1. The molecule has 0 unspecified atom stereocenters. The third-order valence-electron chi connectivity index (χ3n) is 8.41. The summed E-state index contributed by atoms with van der Waals surface area (Å²) in [6, 6.07) is 13.5. The lowest BCUT2D eigenvalue weighted by molar-refractivity contribution is -0.193. The molecule has 1 aliphatic rings. The number of rotatable bonds is 13. The number of carbonyl (C=O) groups excluding carboxylic acids is 4. The van der Waals surface area contributed by atoms with E-state index in [1.54, 1.807) is 55.9 Å². The van der Waals surface area contributed by atoms with Crippen molar-refractivity contribution < 1.29 is 42.7 Å². The normalized spacial score (nSPS) is 14.9. The highest BCUT2D eigenvalue weighted by Gasteiger charge is 2.41. The summed E-state index contributed by atoms with van der Waals surface area (Å²) in [6.07, 6.45) is 1.38. The first-order chi connectivity index (χ1) is 24.0. The third-order valence-corrected chi connectivity index (χ3v) is 12.9. The summed E-state index contributed by atoms with van der Waals surface area (Å²) in [4.78, 5) is 57.0. The second-order valence-corrected chi connectivity index (χ2v) is 21.0. The van der Waals surface area contributed by atoms with Gasteiger partial charge in [0.2, 0.25) is 6.10 Å². The van der Waals surface area contributed by atoms with Crippen molar-refractivity contribution >= 4 is 32.2 Å². The number of imide groups is 1. The lowest BCUT2D eigenvalue weighted by Gasteiger charge is -2.39. The Bertz CT molecular complexity index is 1720. The van der Waals surface area contributed by atoms with Gasteiger partial charge in [-0.25, -0.2) is 14.4 Å². The Morgan fingerprint density at radius 3 is 1.94 bits per heavy atom. The van der Waals surface area contributed by atoms with Crippen molar-refractivity contribution in [3.05, 3.63) is 72.1 Å². The Hall–Kier alpha value is -4.53. The lowest BCUT2D eigenvalue weighted by atomic mass is 10.1. The van der Waals surface area contributed by atoms with Crippen molar-refractivity contribution in [2.45, 2.75) is 110 Å². The van der Waals surface area contributed by atoms with Gasteiger partial charge in [-0.15, -0.1) is 5.06 Å². The number of hydrogen-bond acceptors (Lipinski definition) is 10. The largest absolute Gasteiger partial charge is 0.490 e. The standard InChI is InChI=1S/C38H52N4O9Si/c1-36(2,3)48-34(45)31(50-42-32(43)29-14-12-13-15-30(29)33(42)44)24-47-27-18-16-25(17-19-27)26-20-40-41(22-26)23-28(51-52(10,11)38(7,8)9)21-39-35(46)49-37(4,5)6/h12-20,22,28,31H,21,23-24H2,1-11H3,(H,39,46)/t28-,31-/m0/s1. The molecule has 0 spiro atoms. The number of nitrogens with one attached hydrogen (secondary N) is 1. The summed E-state index contributed by atoms with van der Waals surface area (Å²) >= 11 is 0. The number of fused-ring (bicyclic) bond motifs is 1. The van der Waals surface area contributed by atoms with Gasteiger partial charge in [-0.05, 0) is 89.5 Å². The number of amides is 3. The van der Waals surface area contributed by atoms with Crippen LogP contribution in [0.25, 0.3) is 11.1 Å². The SMILES string of the molecule is CC(C)(C)OC(=O)NC[C@@H](Cn1cc(-c2ccc(OC[C@H](ON3C(=O)c4ccccc4C3=O)C(=O)OC(C)(C)C)cc2)cn1)O[Si](C)(C)C(C)(C)C. The molecule has 4 rings (SSSR count). The molecule has 2 aromatic carbocycles. The second kappa shape index (κ2) is 15.6. The Balaban J connectivity index is 1.43. The molecular weight excluding hydrogens is 685 g/mol. The lowest BCUT2D eigenvalue weighted by Crippen LogP contribution is -2.48. The molecule has 1 aliphatic heterocycles. The average molecular weight is 737 g/mol. The van der Waals surface area contributed by atoms with Crippen LogP contribution in [0.5, 0.6) is 5.75 Å². The molecule has 52 heavy (non-hydrogen) atoms. The molecule has 2 atom stereocenters. The van der Waals surface area contributed by atoms with Crippen LogP contribution in [0.4, 0.5) is 4.79 Å². The highest BCUT2D eigenvalue weighted by atomic mass is 28.4. The molecule has 14 heteroatoms. The number of nitrogens with zero attached hydrogens (tertiary/aromatic N) is 3. The highest BCUT2D eigenvalue weighted by Crippen LogP contribution is 2.37. The molecule has 1 aromatic heterocycles. The molecule has 0 bridgehead atoms. The van der Waals surface area contributed by atoms with E-state index in [4.69, 9.17) is 23.5 Å².